The van der Waals surface area contributed by atoms with Gasteiger partial charge in [-0.25, -0.2) is 8.42 Å². The van der Waals surface area contributed by atoms with E-state index in [9.17, 15) is 13.2 Å². The minimum Gasteiger partial charge on any atom is -0.415 e. The third kappa shape index (κ3) is 5.55. The van der Waals surface area contributed by atoms with Gasteiger partial charge in [-0.3, -0.25) is 14.4 Å². The van der Waals surface area contributed by atoms with Crippen molar-refractivity contribution in [1.29, 1.82) is 0 Å². The highest BCUT2D eigenvalue weighted by Gasteiger charge is 2.16. The normalized spacial score (nSPS) is 15.3. The maximum Gasteiger partial charge on any atom is 0.277 e. The van der Waals surface area contributed by atoms with E-state index in [1.165, 1.54) is 24.6 Å². The number of carbonyl (C=O) groups excluding carboxylic acids is 1. The number of hydrogen-bond donors (Lipinski definition) is 1. The van der Waals surface area contributed by atoms with Crippen LogP contribution < -0.4 is 4.72 Å². The molecule has 0 atom stereocenters. The summed E-state index contributed by atoms with van der Waals surface area (Å²) in [6, 6.07) is 6.28. The highest BCUT2D eigenvalue weighted by Crippen LogP contribution is 2.20. The summed E-state index contributed by atoms with van der Waals surface area (Å²) in [6.45, 7) is 2.75. The molecule has 0 saturated carbocycles. The third-order valence-electron chi connectivity index (χ3n) is 3.84. The molecule has 10 heteroatoms. The Morgan fingerprint density at radius 1 is 1.23 bits per heavy atom. The van der Waals surface area contributed by atoms with Gasteiger partial charge in [0.2, 0.25) is 15.9 Å². The summed E-state index contributed by atoms with van der Waals surface area (Å²) in [5.41, 5.74) is 0.911. The van der Waals surface area contributed by atoms with Crippen LogP contribution in [0.2, 0.25) is 0 Å². The molecule has 2 aromatic rings. The number of rotatable bonds is 8. The van der Waals surface area contributed by atoms with E-state index in [1.54, 1.807) is 24.3 Å². The van der Waals surface area contributed by atoms with Crippen LogP contribution in [0.5, 0.6) is 0 Å². The second kappa shape index (κ2) is 8.19. The molecule has 0 radical (unpaired) electrons. The maximum atomic E-state index is 12.2. The Balaban J connectivity index is 1.51. The molecule has 0 aliphatic carbocycles. The SMILES string of the molecule is CS(=O)(=O)Nc1ccc(C(=O)CSc2nnc(CN3CCCC3)o2)cc1. The zero-order valence-corrected chi connectivity index (χ0v) is 16.0. The van der Waals surface area contributed by atoms with Gasteiger partial charge in [0, 0.05) is 11.3 Å². The Morgan fingerprint density at radius 3 is 2.58 bits per heavy atom. The predicted molar refractivity (Wildman–Crippen MR) is 98.8 cm³/mol. The third-order valence-corrected chi connectivity index (χ3v) is 5.27. The Morgan fingerprint density at radius 2 is 1.92 bits per heavy atom. The van der Waals surface area contributed by atoms with E-state index in [0.29, 0.717) is 28.9 Å². The van der Waals surface area contributed by atoms with Crippen LogP contribution >= 0.6 is 11.8 Å². The molecule has 1 aromatic carbocycles. The van der Waals surface area contributed by atoms with Gasteiger partial charge in [0.1, 0.15) is 0 Å². The van der Waals surface area contributed by atoms with Crippen LogP contribution in [0.1, 0.15) is 29.1 Å². The molecule has 1 N–H and O–H groups in total. The molecular formula is C16H20N4O4S2. The molecule has 0 unspecified atom stereocenters. The van der Waals surface area contributed by atoms with Crippen LogP contribution in [-0.4, -0.2) is 54.4 Å². The summed E-state index contributed by atoms with van der Waals surface area (Å²) in [5, 5.41) is 8.37. The lowest BCUT2D eigenvalue weighted by molar-refractivity contribution is 0.102. The number of hydrogen-bond acceptors (Lipinski definition) is 8. The summed E-state index contributed by atoms with van der Waals surface area (Å²) < 4.78 is 30.3. The van der Waals surface area contributed by atoms with Crippen molar-refractivity contribution in [1.82, 2.24) is 15.1 Å². The molecule has 0 bridgehead atoms. The standard InChI is InChI=1S/C16H20N4O4S2/c1-26(22,23)19-13-6-4-12(5-7-13)14(21)11-25-16-18-17-15(24-16)10-20-8-2-3-9-20/h4-7,19H,2-3,8-11H2,1H3. The van der Waals surface area contributed by atoms with Gasteiger partial charge in [-0.2, -0.15) is 0 Å². The van der Waals surface area contributed by atoms with Gasteiger partial charge in [0.25, 0.3) is 5.22 Å². The molecule has 1 aromatic heterocycles. The quantitative estimate of drug-likeness (QED) is 0.534. The van der Waals surface area contributed by atoms with Crippen LogP contribution in [0, 0.1) is 0 Å². The lowest BCUT2D eigenvalue weighted by atomic mass is 10.1. The van der Waals surface area contributed by atoms with Gasteiger partial charge in [0.15, 0.2) is 5.78 Å². The summed E-state index contributed by atoms with van der Waals surface area (Å²) in [7, 11) is -3.33. The van der Waals surface area contributed by atoms with Crippen molar-refractivity contribution in [3.63, 3.8) is 0 Å². The number of aromatic nitrogens is 2. The van der Waals surface area contributed by atoms with Crippen molar-refractivity contribution in [2.75, 3.05) is 29.8 Å². The molecular weight excluding hydrogens is 376 g/mol. The van der Waals surface area contributed by atoms with Crippen LogP contribution in [0.15, 0.2) is 33.9 Å². The van der Waals surface area contributed by atoms with Gasteiger partial charge in [0.05, 0.1) is 18.6 Å². The summed E-state index contributed by atoms with van der Waals surface area (Å²) >= 11 is 1.20. The van der Waals surface area contributed by atoms with Gasteiger partial charge in [-0.1, -0.05) is 11.8 Å². The highest BCUT2D eigenvalue weighted by atomic mass is 32.2. The lowest BCUT2D eigenvalue weighted by Crippen LogP contribution is -2.18. The van der Waals surface area contributed by atoms with E-state index in [4.69, 9.17) is 4.42 Å². The first kappa shape index (κ1) is 18.9. The van der Waals surface area contributed by atoms with Crippen molar-refractivity contribution < 1.29 is 17.6 Å². The zero-order valence-electron chi connectivity index (χ0n) is 14.3. The lowest BCUT2D eigenvalue weighted by Gasteiger charge is -2.10. The van der Waals surface area contributed by atoms with Crippen molar-refractivity contribution in [2.24, 2.45) is 0 Å². The number of benzene rings is 1. The maximum absolute atomic E-state index is 12.2. The summed E-state index contributed by atoms with van der Waals surface area (Å²) in [4.78, 5) is 14.5. The first-order valence-electron chi connectivity index (χ1n) is 8.18. The number of Topliss-reactive ketones (excluding diaryl/α,β-unsaturated/α-hetero) is 1. The van der Waals surface area contributed by atoms with E-state index in [-0.39, 0.29) is 11.5 Å². The number of anilines is 1. The first-order valence-corrected chi connectivity index (χ1v) is 11.1. The highest BCUT2D eigenvalue weighted by molar-refractivity contribution is 7.99. The summed E-state index contributed by atoms with van der Waals surface area (Å²) in [6.07, 6.45) is 3.47. The fourth-order valence-electron chi connectivity index (χ4n) is 2.64. The molecule has 3 rings (SSSR count). The van der Waals surface area contributed by atoms with Gasteiger partial charge in [-0.05, 0) is 50.2 Å². The van der Waals surface area contributed by atoms with E-state index in [0.717, 1.165) is 19.3 Å². The van der Waals surface area contributed by atoms with E-state index in [2.05, 4.69) is 19.8 Å². The molecule has 8 nitrogen and oxygen atoms in total. The van der Waals surface area contributed by atoms with Crippen molar-refractivity contribution in [2.45, 2.75) is 24.6 Å². The molecule has 2 heterocycles. The van der Waals surface area contributed by atoms with E-state index >= 15 is 0 Å². The molecule has 26 heavy (non-hydrogen) atoms. The van der Waals surface area contributed by atoms with Gasteiger partial charge in [-0.15, -0.1) is 10.2 Å². The Labute approximate surface area is 156 Å². The average Bonchev–Trinajstić information content (AvgIpc) is 3.24. The average molecular weight is 396 g/mol. The van der Waals surface area contributed by atoms with Crippen LogP contribution in [0.4, 0.5) is 5.69 Å². The van der Waals surface area contributed by atoms with Gasteiger partial charge >= 0.3 is 0 Å². The number of nitrogens with one attached hydrogen (secondary N) is 1. The Kier molecular flexibility index (Phi) is 5.94. The predicted octanol–water partition coefficient (Wildman–Crippen LogP) is 2.01. The topological polar surface area (TPSA) is 105 Å². The first-order chi connectivity index (χ1) is 12.4. The Hall–Kier alpha value is -1.91. The van der Waals surface area contributed by atoms with E-state index in [1.807, 2.05) is 0 Å². The molecule has 0 spiro atoms. The second-order valence-electron chi connectivity index (χ2n) is 6.11. The number of carbonyl (C=O) groups is 1. The monoisotopic (exact) mass is 396 g/mol. The molecule has 1 aliphatic heterocycles. The minimum absolute atomic E-state index is 0.0970. The molecule has 0 amide bonds. The van der Waals surface area contributed by atoms with Crippen molar-refractivity contribution in [3.05, 3.63) is 35.7 Å². The minimum atomic E-state index is -3.33. The summed E-state index contributed by atoms with van der Waals surface area (Å²) in [5.74, 6) is 0.641. The fourth-order valence-corrected chi connectivity index (χ4v) is 3.88. The molecule has 140 valence electrons. The Bertz CT molecular complexity index is 859. The number of thioether (sulfide) groups is 1. The van der Waals surface area contributed by atoms with Crippen molar-refractivity contribution in [3.8, 4) is 0 Å². The molecule has 1 fully saturated rings. The smallest absolute Gasteiger partial charge is 0.277 e. The van der Waals surface area contributed by atoms with Crippen LogP contribution in [0.25, 0.3) is 0 Å². The number of ketones is 1. The van der Waals surface area contributed by atoms with Gasteiger partial charge < -0.3 is 4.42 Å². The van der Waals surface area contributed by atoms with Crippen LogP contribution in [0.3, 0.4) is 0 Å². The van der Waals surface area contributed by atoms with E-state index < -0.39 is 10.0 Å². The number of likely N-dealkylation sites (tertiary alicyclic amines) is 1. The van der Waals surface area contributed by atoms with Crippen LogP contribution in [-0.2, 0) is 16.6 Å². The molecule has 1 saturated heterocycles. The number of nitrogens with zero attached hydrogens (tertiary/aromatic N) is 3. The largest absolute Gasteiger partial charge is 0.415 e. The number of sulfonamides is 1. The second-order valence-corrected chi connectivity index (χ2v) is 8.78. The fraction of sp³-hybridized carbons (Fsp3) is 0.438. The van der Waals surface area contributed by atoms with Crippen molar-refractivity contribution >= 4 is 33.3 Å². The molecule has 1 aliphatic rings. The zero-order chi connectivity index (χ0) is 18.6.